The number of aryl methyl sites for hydroxylation is 1. The van der Waals surface area contributed by atoms with E-state index in [9.17, 15) is 14.4 Å². The van der Waals surface area contributed by atoms with E-state index in [0.717, 1.165) is 19.3 Å². The van der Waals surface area contributed by atoms with Crippen LogP contribution in [-0.2, 0) is 20.8 Å². The SMILES string of the molecule is C=C(C)C(=O)NCC(=O)NCC(=O)NCCCCc1ccccc1. The normalized spacial score (nSPS) is 9.88. The Morgan fingerprint density at radius 1 is 0.917 bits per heavy atom. The van der Waals surface area contributed by atoms with Crippen molar-refractivity contribution in [3.05, 3.63) is 48.0 Å². The summed E-state index contributed by atoms with van der Waals surface area (Å²) in [5.41, 5.74) is 1.61. The number of carbonyl (C=O) groups excluding carboxylic acids is 3. The number of hydrogen-bond donors (Lipinski definition) is 3. The Morgan fingerprint density at radius 3 is 2.21 bits per heavy atom. The summed E-state index contributed by atoms with van der Waals surface area (Å²) >= 11 is 0. The van der Waals surface area contributed by atoms with E-state index >= 15 is 0 Å². The molecule has 0 bridgehead atoms. The van der Waals surface area contributed by atoms with E-state index in [0.29, 0.717) is 12.1 Å². The molecule has 1 aromatic carbocycles. The zero-order chi connectivity index (χ0) is 17.8. The van der Waals surface area contributed by atoms with Crippen molar-refractivity contribution in [2.45, 2.75) is 26.2 Å². The van der Waals surface area contributed by atoms with Crippen LogP contribution in [0.15, 0.2) is 42.5 Å². The Bertz CT molecular complexity index is 570. The summed E-state index contributed by atoms with van der Waals surface area (Å²) in [6.07, 6.45) is 2.85. The van der Waals surface area contributed by atoms with Crippen molar-refractivity contribution in [1.29, 1.82) is 0 Å². The number of unbranched alkanes of at least 4 members (excludes halogenated alkanes) is 1. The van der Waals surface area contributed by atoms with E-state index in [1.807, 2.05) is 18.2 Å². The molecule has 0 aliphatic carbocycles. The van der Waals surface area contributed by atoms with Gasteiger partial charge in [0.2, 0.25) is 17.7 Å². The maximum Gasteiger partial charge on any atom is 0.246 e. The van der Waals surface area contributed by atoms with Crippen molar-refractivity contribution < 1.29 is 14.4 Å². The fourth-order valence-corrected chi connectivity index (χ4v) is 1.94. The molecule has 0 saturated heterocycles. The van der Waals surface area contributed by atoms with Gasteiger partial charge < -0.3 is 16.0 Å². The molecule has 0 spiro atoms. The van der Waals surface area contributed by atoms with Crippen LogP contribution in [0.1, 0.15) is 25.3 Å². The zero-order valence-electron chi connectivity index (χ0n) is 14.1. The molecule has 6 nitrogen and oxygen atoms in total. The molecule has 1 rings (SSSR count). The van der Waals surface area contributed by atoms with Crippen LogP contribution < -0.4 is 16.0 Å². The van der Waals surface area contributed by atoms with Crippen LogP contribution in [0.5, 0.6) is 0 Å². The number of amides is 3. The molecule has 24 heavy (non-hydrogen) atoms. The summed E-state index contributed by atoms with van der Waals surface area (Å²) in [7, 11) is 0. The monoisotopic (exact) mass is 331 g/mol. The van der Waals surface area contributed by atoms with Crippen molar-refractivity contribution in [3.63, 3.8) is 0 Å². The molecule has 0 aliphatic heterocycles. The van der Waals surface area contributed by atoms with Crippen LogP contribution in [-0.4, -0.2) is 37.4 Å². The van der Waals surface area contributed by atoms with Crippen molar-refractivity contribution in [2.75, 3.05) is 19.6 Å². The third-order valence-corrected chi connectivity index (χ3v) is 3.30. The maximum absolute atomic E-state index is 11.6. The summed E-state index contributed by atoms with van der Waals surface area (Å²) in [6.45, 7) is 5.33. The first kappa shape index (κ1) is 19.4. The molecule has 3 amide bonds. The molecule has 0 aliphatic rings. The number of nitrogens with one attached hydrogen (secondary N) is 3. The highest BCUT2D eigenvalue weighted by Gasteiger charge is 2.07. The van der Waals surface area contributed by atoms with Gasteiger partial charge in [-0.05, 0) is 31.7 Å². The number of hydrogen-bond acceptors (Lipinski definition) is 3. The minimum atomic E-state index is -0.413. The molecule has 0 heterocycles. The minimum absolute atomic E-state index is 0.0968. The Labute approximate surface area is 142 Å². The third-order valence-electron chi connectivity index (χ3n) is 3.30. The van der Waals surface area contributed by atoms with Gasteiger partial charge in [0.05, 0.1) is 13.1 Å². The highest BCUT2D eigenvalue weighted by atomic mass is 16.2. The van der Waals surface area contributed by atoms with Crippen LogP contribution in [0.2, 0.25) is 0 Å². The molecule has 0 unspecified atom stereocenters. The van der Waals surface area contributed by atoms with Gasteiger partial charge in [0.15, 0.2) is 0 Å². The van der Waals surface area contributed by atoms with E-state index in [4.69, 9.17) is 0 Å². The molecule has 0 aromatic heterocycles. The van der Waals surface area contributed by atoms with Gasteiger partial charge in [-0.25, -0.2) is 0 Å². The average molecular weight is 331 g/mol. The standard InChI is InChI=1S/C18H25N3O3/c1-14(2)18(24)21-13-17(23)20-12-16(22)19-11-7-6-10-15-8-4-3-5-9-15/h3-5,8-9H,1,6-7,10-13H2,2H3,(H,19,22)(H,20,23)(H,21,24). The highest BCUT2D eigenvalue weighted by molar-refractivity contribution is 5.95. The molecule has 3 N–H and O–H groups in total. The maximum atomic E-state index is 11.6. The molecule has 1 aromatic rings. The lowest BCUT2D eigenvalue weighted by Gasteiger charge is -2.08. The largest absolute Gasteiger partial charge is 0.355 e. The fourth-order valence-electron chi connectivity index (χ4n) is 1.94. The smallest absolute Gasteiger partial charge is 0.246 e. The first-order valence-corrected chi connectivity index (χ1v) is 8.00. The first-order chi connectivity index (χ1) is 11.5. The van der Waals surface area contributed by atoms with Crippen molar-refractivity contribution >= 4 is 17.7 Å². The van der Waals surface area contributed by atoms with Gasteiger partial charge in [0, 0.05) is 12.1 Å². The summed E-state index contributed by atoms with van der Waals surface area (Å²) in [5, 5.41) is 7.60. The predicted octanol–water partition coefficient (Wildman–Crippen LogP) is 0.934. The zero-order valence-corrected chi connectivity index (χ0v) is 14.1. The van der Waals surface area contributed by atoms with Gasteiger partial charge in [-0.3, -0.25) is 14.4 Å². The molecule has 0 radical (unpaired) electrons. The summed E-state index contributed by atoms with van der Waals surface area (Å²) < 4.78 is 0. The van der Waals surface area contributed by atoms with Crippen LogP contribution in [0.25, 0.3) is 0 Å². The molecular weight excluding hydrogens is 306 g/mol. The van der Waals surface area contributed by atoms with Crippen LogP contribution in [0.4, 0.5) is 0 Å². The van der Waals surface area contributed by atoms with Gasteiger partial charge in [-0.15, -0.1) is 0 Å². The second-order valence-electron chi connectivity index (χ2n) is 5.53. The predicted molar refractivity (Wildman–Crippen MR) is 93.2 cm³/mol. The summed E-state index contributed by atoms with van der Waals surface area (Å²) in [5.74, 6) is -1.04. The van der Waals surface area contributed by atoms with Crippen LogP contribution in [0.3, 0.4) is 0 Å². The van der Waals surface area contributed by atoms with Gasteiger partial charge in [-0.1, -0.05) is 36.9 Å². The lowest BCUT2D eigenvalue weighted by molar-refractivity contribution is -0.126. The Balaban J connectivity index is 2.04. The Kier molecular flexibility index (Phi) is 8.89. The van der Waals surface area contributed by atoms with E-state index < -0.39 is 5.91 Å². The van der Waals surface area contributed by atoms with E-state index in [2.05, 4.69) is 34.7 Å². The second-order valence-corrected chi connectivity index (χ2v) is 5.53. The first-order valence-electron chi connectivity index (χ1n) is 8.00. The average Bonchev–Trinajstić information content (AvgIpc) is 2.58. The molecule has 6 heteroatoms. The van der Waals surface area contributed by atoms with E-state index in [1.54, 1.807) is 6.92 Å². The van der Waals surface area contributed by atoms with Gasteiger partial charge in [-0.2, -0.15) is 0 Å². The molecule has 0 fully saturated rings. The van der Waals surface area contributed by atoms with Gasteiger partial charge >= 0.3 is 0 Å². The number of benzene rings is 1. The highest BCUT2D eigenvalue weighted by Crippen LogP contribution is 2.03. The third kappa shape index (κ3) is 8.73. The van der Waals surface area contributed by atoms with Crippen molar-refractivity contribution in [2.24, 2.45) is 0 Å². The lowest BCUT2D eigenvalue weighted by atomic mass is 10.1. The van der Waals surface area contributed by atoms with Crippen molar-refractivity contribution in [1.82, 2.24) is 16.0 Å². The Morgan fingerprint density at radius 2 is 1.54 bits per heavy atom. The van der Waals surface area contributed by atoms with Gasteiger partial charge in [0.1, 0.15) is 0 Å². The second kappa shape index (κ2) is 11.0. The van der Waals surface area contributed by atoms with E-state index in [-0.39, 0.29) is 24.9 Å². The minimum Gasteiger partial charge on any atom is -0.355 e. The topological polar surface area (TPSA) is 87.3 Å². The lowest BCUT2D eigenvalue weighted by Crippen LogP contribution is -2.42. The van der Waals surface area contributed by atoms with Crippen molar-refractivity contribution in [3.8, 4) is 0 Å². The number of carbonyl (C=O) groups is 3. The molecule has 130 valence electrons. The molecule has 0 saturated carbocycles. The van der Waals surface area contributed by atoms with Crippen LogP contribution >= 0.6 is 0 Å². The molecule has 0 atom stereocenters. The quantitative estimate of drug-likeness (QED) is 0.440. The van der Waals surface area contributed by atoms with Crippen LogP contribution in [0, 0.1) is 0 Å². The molecular formula is C18H25N3O3. The fraction of sp³-hybridized carbons (Fsp3) is 0.389. The Hall–Kier alpha value is -2.63. The number of rotatable bonds is 10. The summed E-state index contributed by atoms with van der Waals surface area (Å²) in [6, 6.07) is 10.2. The van der Waals surface area contributed by atoms with Gasteiger partial charge in [0.25, 0.3) is 0 Å². The van der Waals surface area contributed by atoms with E-state index in [1.165, 1.54) is 5.56 Å². The summed E-state index contributed by atoms with van der Waals surface area (Å²) in [4.78, 5) is 34.3.